The molecule has 2 aromatic rings. The number of benzene rings is 2. The van der Waals surface area contributed by atoms with Crippen LogP contribution < -0.4 is 14.2 Å². The summed E-state index contributed by atoms with van der Waals surface area (Å²) in [6.45, 7) is 16.4. The molecule has 0 bridgehead atoms. The molecule has 1 fully saturated rings. The number of amides is 1. The molecule has 0 spiro atoms. The highest BCUT2D eigenvalue weighted by Crippen LogP contribution is 2.42. The summed E-state index contributed by atoms with van der Waals surface area (Å²) in [5.74, 6) is -0.0455. The van der Waals surface area contributed by atoms with Gasteiger partial charge in [0.1, 0.15) is 24.7 Å². The van der Waals surface area contributed by atoms with Gasteiger partial charge in [0.25, 0.3) is 11.7 Å². The lowest BCUT2D eigenvalue weighted by Gasteiger charge is -2.28. The van der Waals surface area contributed by atoms with E-state index < -0.39 is 17.7 Å². The SMILES string of the molecule is C=CCOc1ccc(C(O)=C2C(=O)C(=O)N(CCN(CC)CC)C2c2ccc(OCC=C)c(OC)c2)c(C)c1. The zero-order chi connectivity index (χ0) is 28.5. The fraction of sp³-hybridized carbons (Fsp3) is 0.355. The van der Waals surface area contributed by atoms with Crippen LogP contribution in [0, 0.1) is 6.92 Å². The molecule has 1 heterocycles. The number of nitrogens with zero attached hydrogens (tertiary/aromatic N) is 2. The van der Waals surface area contributed by atoms with Crippen molar-refractivity contribution in [3.05, 3.63) is 84.0 Å². The number of carbonyl (C=O) groups excluding carboxylic acids is 2. The van der Waals surface area contributed by atoms with E-state index in [4.69, 9.17) is 14.2 Å². The Morgan fingerprint density at radius 2 is 1.72 bits per heavy atom. The highest BCUT2D eigenvalue weighted by Gasteiger charge is 2.46. The first-order valence-electron chi connectivity index (χ1n) is 13.1. The Kier molecular flexibility index (Phi) is 10.3. The van der Waals surface area contributed by atoms with Gasteiger partial charge in [0.15, 0.2) is 11.5 Å². The van der Waals surface area contributed by atoms with Crippen LogP contribution in [-0.2, 0) is 9.59 Å². The molecule has 0 radical (unpaired) electrons. The van der Waals surface area contributed by atoms with Crippen molar-refractivity contribution in [1.82, 2.24) is 9.80 Å². The van der Waals surface area contributed by atoms with Crippen LogP contribution in [0.3, 0.4) is 0 Å². The number of aliphatic hydroxyl groups is 1. The third-order valence-corrected chi connectivity index (χ3v) is 6.77. The number of rotatable bonds is 14. The zero-order valence-corrected chi connectivity index (χ0v) is 23.2. The molecule has 1 aliphatic heterocycles. The summed E-state index contributed by atoms with van der Waals surface area (Å²) in [5, 5.41) is 11.5. The maximum Gasteiger partial charge on any atom is 0.295 e. The Morgan fingerprint density at radius 1 is 1.03 bits per heavy atom. The predicted octanol–water partition coefficient (Wildman–Crippen LogP) is 4.90. The van der Waals surface area contributed by atoms with Crippen molar-refractivity contribution in [1.29, 1.82) is 0 Å². The number of likely N-dealkylation sites (N-methyl/N-ethyl adjacent to an activating group) is 1. The molecule has 0 aromatic heterocycles. The summed E-state index contributed by atoms with van der Waals surface area (Å²) < 4.78 is 16.8. The van der Waals surface area contributed by atoms with Crippen LogP contribution in [0.2, 0.25) is 0 Å². The molecule has 1 saturated heterocycles. The van der Waals surface area contributed by atoms with Crippen LogP contribution in [0.1, 0.15) is 36.6 Å². The molecule has 0 saturated carbocycles. The lowest BCUT2D eigenvalue weighted by atomic mass is 9.93. The van der Waals surface area contributed by atoms with Gasteiger partial charge in [-0.05, 0) is 61.5 Å². The van der Waals surface area contributed by atoms with Crippen LogP contribution in [0.5, 0.6) is 17.2 Å². The second kappa shape index (κ2) is 13.7. The van der Waals surface area contributed by atoms with Gasteiger partial charge in [-0.25, -0.2) is 0 Å². The Morgan fingerprint density at radius 3 is 2.33 bits per heavy atom. The standard InChI is InChI=1S/C31H38N2O6/c1-7-17-38-23-12-13-24(21(5)19-23)29(34)27-28(22-11-14-25(39-18-8-2)26(20-22)37-6)33(31(36)30(27)35)16-15-32(9-3)10-4/h7-8,11-14,19-20,28,34H,1-2,9-10,15-18H2,3-6H3. The van der Waals surface area contributed by atoms with Crippen molar-refractivity contribution in [2.24, 2.45) is 0 Å². The molecule has 8 nitrogen and oxygen atoms in total. The first-order chi connectivity index (χ1) is 18.8. The topological polar surface area (TPSA) is 88.5 Å². The van der Waals surface area contributed by atoms with Crippen LogP contribution in [0.15, 0.2) is 67.3 Å². The molecule has 1 atom stereocenters. The van der Waals surface area contributed by atoms with E-state index in [9.17, 15) is 14.7 Å². The molecule has 1 unspecified atom stereocenters. The average molecular weight is 535 g/mol. The monoisotopic (exact) mass is 534 g/mol. The summed E-state index contributed by atoms with van der Waals surface area (Å²) in [5.41, 5.74) is 1.81. The number of hydrogen-bond acceptors (Lipinski definition) is 7. The first-order valence-corrected chi connectivity index (χ1v) is 13.1. The van der Waals surface area contributed by atoms with Gasteiger partial charge in [0.05, 0.1) is 18.7 Å². The summed E-state index contributed by atoms with van der Waals surface area (Å²) in [6.07, 6.45) is 3.27. The van der Waals surface area contributed by atoms with Crippen molar-refractivity contribution in [3.63, 3.8) is 0 Å². The van der Waals surface area contributed by atoms with E-state index in [1.165, 1.54) is 12.0 Å². The fourth-order valence-electron chi connectivity index (χ4n) is 4.66. The Bertz CT molecular complexity index is 1250. The number of aliphatic hydroxyl groups excluding tert-OH is 1. The first kappa shape index (κ1) is 29.5. The molecule has 8 heteroatoms. The number of hydrogen-bond donors (Lipinski definition) is 1. The highest BCUT2D eigenvalue weighted by molar-refractivity contribution is 6.46. The maximum atomic E-state index is 13.5. The third-order valence-electron chi connectivity index (χ3n) is 6.77. The van der Waals surface area contributed by atoms with E-state index >= 15 is 0 Å². The molecule has 3 rings (SSSR count). The van der Waals surface area contributed by atoms with Gasteiger partial charge in [-0.2, -0.15) is 0 Å². The van der Waals surface area contributed by atoms with Gasteiger partial charge in [0.2, 0.25) is 0 Å². The molecule has 2 aromatic carbocycles. The second-order valence-corrected chi connectivity index (χ2v) is 9.11. The van der Waals surface area contributed by atoms with Crippen molar-refractivity contribution in [2.75, 3.05) is 46.5 Å². The Hall–Kier alpha value is -4.04. The van der Waals surface area contributed by atoms with E-state index in [0.29, 0.717) is 60.2 Å². The lowest BCUT2D eigenvalue weighted by Crippen LogP contribution is -2.38. The Balaban J connectivity index is 2.14. The molecule has 208 valence electrons. The molecule has 0 aliphatic carbocycles. The van der Waals surface area contributed by atoms with Gasteiger partial charge in [-0.15, -0.1) is 0 Å². The minimum Gasteiger partial charge on any atom is -0.507 e. The van der Waals surface area contributed by atoms with Crippen LogP contribution in [0.4, 0.5) is 0 Å². The minimum absolute atomic E-state index is 0.0317. The highest BCUT2D eigenvalue weighted by atomic mass is 16.5. The van der Waals surface area contributed by atoms with Crippen molar-refractivity contribution >= 4 is 17.4 Å². The van der Waals surface area contributed by atoms with Crippen molar-refractivity contribution in [3.8, 4) is 17.2 Å². The number of likely N-dealkylation sites (tertiary alicyclic amines) is 1. The van der Waals surface area contributed by atoms with Gasteiger partial charge < -0.3 is 29.1 Å². The summed E-state index contributed by atoms with van der Waals surface area (Å²) in [6, 6.07) is 9.64. The molecular formula is C31H38N2O6. The lowest BCUT2D eigenvalue weighted by molar-refractivity contribution is -0.140. The van der Waals surface area contributed by atoms with E-state index in [2.05, 4.69) is 18.1 Å². The van der Waals surface area contributed by atoms with E-state index in [1.54, 1.807) is 48.6 Å². The number of methoxy groups -OCH3 is 1. The van der Waals surface area contributed by atoms with Gasteiger partial charge in [-0.1, -0.05) is 45.2 Å². The normalized spacial score (nSPS) is 16.4. The van der Waals surface area contributed by atoms with E-state index in [0.717, 1.165) is 13.1 Å². The molecule has 39 heavy (non-hydrogen) atoms. The van der Waals surface area contributed by atoms with Crippen LogP contribution >= 0.6 is 0 Å². The largest absolute Gasteiger partial charge is 0.507 e. The minimum atomic E-state index is -0.806. The van der Waals surface area contributed by atoms with Gasteiger partial charge >= 0.3 is 0 Å². The van der Waals surface area contributed by atoms with Crippen molar-refractivity contribution < 1.29 is 28.9 Å². The maximum absolute atomic E-state index is 13.5. The number of ketones is 1. The second-order valence-electron chi connectivity index (χ2n) is 9.11. The molecule has 1 amide bonds. The molecule has 1 aliphatic rings. The quantitative estimate of drug-likeness (QED) is 0.160. The summed E-state index contributed by atoms with van der Waals surface area (Å²) in [7, 11) is 1.52. The Labute approximate surface area is 230 Å². The van der Waals surface area contributed by atoms with Gasteiger partial charge in [-0.3, -0.25) is 9.59 Å². The van der Waals surface area contributed by atoms with Crippen molar-refractivity contribution in [2.45, 2.75) is 26.8 Å². The third kappa shape index (κ3) is 6.52. The van der Waals surface area contributed by atoms with Crippen LogP contribution in [-0.4, -0.2) is 73.1 Å². The number of carbonyl (C=O) groups is 2. The fourth-order valence-corrected chi connectivity index (χ4v) is 4.66. The summed E-state index contributed by atoms with van der Waals surface area (Å²) in [4.78, 5) is 30.5. The van der Waals surface area contributed by atoms with E-state index in [1.807, 2.05) is 20.8 Å². The smallest absolute Gasteiger partial charge is 0.295 e. The van der Waals surface area contributed by atoms with Gasteiger partial charge in [0, 0.05) is 18.7 Å². The molecule has 1 N–H and O–H groups in total. The predicted molar refractivity (Wildman–Crippen MR) is 152 cm³/mol. The molecular weight excluding hydrogens is 496 g/mol. The van der Waals surface area contributed by atoms with Crippen LogP contribution in [0.25, 0.3) is 5.76 Å². The average Bonchev–Trinajstić information content (AvgIpc) is 3.20. The number of aryl methyl sites for hydroxylation is 1. The number of ether oxygens (including phenoxy) is 3. The zero-order valence-electron chi connectivity index (χ0n) is 23.2. The number of Topliss-reactive ketones (excluding diaryl/α,β-unsaturated/α-hetero) is 1. The van der Waals surface area contributed by atoms with E-state index in [-0.39, 0.29) is 11.3 Å². The summed E-state index contributed by atoms with van der Waals surface area (Å²) >= 11 is 0.